The fraction of sp³-hybridized carbons (Fsp3) is 0.462. The Morgan fingerprint density at radius 2 is 1.95 bits per heavy atom. The first-order valence-electron chi connectivity index (χ1n) is 6.15. The minimum Gasteiger partial charge on any atom is -0.348 e. The molecule has 0 saturated carbocycles. The lowest BCUT2D eigenvalue weighted by atomic mass is 9.94. The van der Waals surface area contributed by atoms with Gasteiger partial charge in [0.25, 0.3) is 5.91 Å². The molecule has 0 aliphatic carbocycles. The topological polar surface area (TPSA) is 41.1 Å². The van der Waals surface area contributed by atoms with E-state index < -0.39 is 23.4 Å². The number of hydrogen-bond donors (Lipinski definition) is 2. The van der Waals surface area contributed by atoms with Gasteiger partial charge in [-0.15, -0.1) is 0 Å². The fourth-order valence-corrected chi connectivity index (χ4v) is 2.12. The molecule has 2 rings (SSSR count). The third-order valence-electron chi connectivity index (χ3n) is 3.39. The van der Waals surface area contributed by atoms with Crippen LogP contribution in [0.1, 0.15) is 23.7 Å². The molecule has 1 aliphatic rings. The van der Waals surface area contributed by atoms with Gasteiger partial charge >= 0.3 is 0 Å². The number of carbonyl (C=O) groups excluding carboxylic acids is 1. The minimum absolute atomic E-state index is 0.0996. The Labute approximate surface area is 109 Å². The van der Waals surface area contributed by atoms with Gasteiger partial charge in [-0.1, -0.05) is 6.92 Å². The molecule has 1 aromatic rings. The van der Waals surface area contributed by atoms with Gasteiger partial charge in [0.2, 0.25) is 0 Å². The lowest BCUT2D eigenvalue weighted by Gasteiger charge is -2.30. The van der Waals surface area contributed by atoms with Crippen molar-refractivity contribution in [3.05, 3.63) is 35.1 Å². The summed E-state index contributed by atoms with van der Waals surface area (Å²) in [6.45, 7) is 3.49. The van der Waals surface area contributed by atoms with Gasteiger partial charge in [-0.05, 0) is 31.0 Å². The van der Waals surface area contributed by atoms with Crippen LogP contribution in [-0.2, 0) is 0 Å². The summed E-state index contributed by atoms with van der Waals surface area (Å²) in [5, 5.41) is 5.83. The largest absolute Gasteiger partial charge is 0.348 e. The van der Waals surface area contributed by atoms with Crippen LogP contribution in [0.4, 0.5) is 13.2 Å². The maximum absolute atomic E-state index is 13.0. The number of hydrogen-bond acceptors (Lipinski definition) is 2. The first-order chi connectivity index (χ1) is 8.99. The Balaban J connectivity index is 2.11. The summed E-state index contributed by atoms with van der Waals surface area (Å²) in [5.74, 6) is -4.61. The van der Waals surface area contributed by atoms with Gasteiger partial charge < -0.3 is 10.6 Å². The van der Waals surface area contributed by atoms with Crippen molar-refractivity contribution in [2.45, 2.75) is 19.4 Å². The molecule has 1 aromatic carbocycles. The van der Waals surface area contributed by atoms with E-state index in [1.54, 1.807) is 0 Å². The van der Waals surface area contributed by atoms with E-state index >= 15 is 0 Å². The molecule has 2 N–H and O–H groups in total. The Hall–Kier alpha value is -1.56. The number of carbonyl (C=O) groups is 1. The number of nitrogens with one attached hydrogen (secondary N) is 2. The van der Waals surface area contributed by atoms with E-state index in [2.05, 4.69) is 10.6 Å². The van der Waals surface area contributed by atoms with Crippen LogP contribution in [0, 0.1) is 23.4 Å². The molecule has 1 fully saturated rings. The van der Waals surface area contributed by atoms with Crippen LogP contribution >= 0.6 is 0 Å². The van der Waals surface area contributed by atoms with E-state index in [1.165, 1.54) is 0 Å². The summed E-state index contributed by atoms with van der Waals surface area (Å²) in [5.41, 5.74) is -0.214. The predicted molar refractivity (Wildman–Crippen MR) is 64.2 cm³/mol. The van der Waals surface area contributed by atoms with Crippen molar-refractivity contribution in [2.75, 3.05) is 13.1 Å². The molecule has 2 unspecified atom stereocenters. The molecule has 19 heavy (non-hydrogen) atoms. The van der Waals surface area contributed by atoms with Gasteiger partial charge in [0.15, 0.2) is 17.5 Å². The number of benzene rings is 1. The maximum Gasteiger partial charge on any atom is 0.251 e. The second kappa shape index (κ2) is 5.61. The van der Waals surface area contributed by atoms with Crippen molar-refractivity contribution in [1.82, 2.24) is 10.6 Å². The normalized spacial score (nSPS) is 23.2. The monoisotopic (exact) mass is 272 g/mol. The summed E-state index contributed by atoms with van der Waals surface area (Å²) < 4.78 is 38.9. The molecule has 0 bridgehead atoms. The summed E-state index contributed by atoms with van der Waals surface area (Å²) in [7, 11) is 0. The molecule has 2 atom stereocenters. The second-order valence-electron chi connectivity index (χ2n) is 4.80. The summed E-state index contributed by atoms with van der Waals surface area (Å²) in [6.07, 6.45) is 0.914. The molecule has 1 amide bonds. The standard InChI is InChI=1S/C13H15F3N2O/c1-7-2-3-17-6-11(7)18-13(19)8-4-9(14)12(16)10(15)5-8/h4-5,7,11,17H,2-3,6H2,1H3,(H,18,19). The zero-order valence-electron chi connectivity index (χ0n) is 10.5. The van der Waals surface area contributed by atoms with E-state index in [9.17, 15) is 18.0 Å². The van der Waals surface area contributed by atoms with Crippen LogP contribution < -0.4 is 10.6 Å². The van der Waals surface area contributed by atoms with Crippen molar-refractivity contribution in [1.29, 1.82) is 0 Å². The molecular weight excluding hydrogens is 257 g/mol. The van der Waals surface area contributed by atoms with Crippen molar-refractivity contribution in [2.24, 2.45) is 5.92 Å². The second-order valence-corrected chi connectivity index (χ2v) is 4.80. The highest BCUT2D eigenvalue weighted by Gasteiger charge is 2.24. The van der Waals surface area contributed by atoms with Crippen molar-refractivity contribution in [3.8, 4) is 0 Å². The molecule has 1 saturated heterocycles. The number of piperidine rings is 1. The average molecular weight is 272 g/mol. The van der Waals surface area contributed by atoms with Gasteiger partial charge in [0.05, 0.1) is 0 Å². The first kappa shape index (κ1) is 13.9. The third-order valence-corrected chi connectivity index (χ3v) is 3.39. The summed E-state index contributed by atoms with van der Waals surface area (Å²) in [6, 6.07) is 1.31. The average Bonchev–Trinajstić information content (AvgIpc) is 2.38. The highest BCUT2D eigenvalue weighted by molar-refractivity contribution is 5.94. The van der Waals surface area contributed by atoms with E-state index in [4.69, 9.17) is 0 Å². The SMILES string of the molecule is CC1CCNCC1NC(=O)c1cc(F)c(F)c(F)c1. The van der Waals surface area contributed by atoms with Gasteiger partial charge in [-0.3, -0.25) is 4.79 Å². The lowest BCUT2D eigenvalue weighted by molar-refractivity contribution is 0.0914. The third kappa shape index (κ3) is 3.07. The Morgan fingerprint density at radius 3 is 2.53 bits per heavy atom. The number of halogens is 3. The predicted octanol–water partition coefficient (Wildman–Crippen LogP) is 1.83. The van der Waals surface area contributed by atoms with E-state index in [-0.39, 0.29) is 17.5 Å². The van der Waals surface area contributed by atoms with E-state index in [0.29, 0.717) is 18.7 Å². The molecule has 104 valence electrons. The molecule has 0 aromatic heterocycles. The summed E-state index contributed by atoms with van der Waals surface area (Å²) >= 11 is 0. The molecule has 0 spiro atoms. The van der Waals surface area contributed by atoms with Gasteiger partial charge in [-0.25, -0.2) is 13.2 Å². The minimum atomic E-state index is -1.57. The smallest absolute Gasteiger partial charge is 0.251 e. The van der Waals surface area contributed by atoms with Crippen LogP contribution in [0.25, 0.3) is 0 Å². The molecule has 6 heteroatoms. The fourth-order valence-electron chi connectivity index (χ4n) is 2.12. The van der Waals surface area contributed by atoms with Gasteiger partial charge in [0.1, 0.15) is 0 Å². The van der Waals surface area contributed by atoms with Crippen LogP contribution in [0.5, 0.6) is 0 Å². The van der Waals surface area contributed by atoms with Crippen molar-refractivity contribution >= 4 is 5.91 Å². The van der Waals surface area contributed by atoms with Crippen molar-refractivity contribution < 1.29 is 18.0 Å². The van der Waals surface area contributed by atoms with Crippen LogP contribution in [-0.4, -0.2) is 25.0 Å². The Bertz CT molecular complexity index is 470. The first-order valence-corrected chi connectivity index (χ1v) is 6.15. The van der Waals surface area contributed by atoms with Crippen molar-refractivity contribution in [3.63, 3.8) is 0 Å². The van der Waals surface area contributed by atoms with Gasteiger partial charge in [-0.2, -0.15) is 0 Å². The molecule has 0 radical (unpaired) electrons. The zero-order chi connectivity index (χ0) is 14.0. The summed E-state index contributed by atoms with van der Waals surface area (Å²) in [4.78, 5) is 11.9. The maximum atomic E-state index is 13.0. The van der Waals surface area contributed by atoms with Crippen LogP contribution in [0.15, 0.2) is 12.1 Å². The number of amides is 1. The molecular formula is C13H15F3N2O. The lowest BCUT2D eigenvalue weighted by Crippen LogP contribution is -2.50. The van der Waals surface area contributed by atoms with Gasteiger partial charge in [0, 0.05) is 18.2 Å². The molecule has 1 heterocycles. The quantitative estimate of drug-likeness (QED) is 0.806. The van der Waals surface area contributed by atoms with Crippen LogP contribution in [0.2, 0.25) is 0 Å². The van der Waals surface area contributed by atoms with E-state index in [0.717, 1.165) is 13.0 Å². The zero-order valence-corrected chi connectivity index (χ0v) is 10.5. The number of rotatable bonds is 2. The molecule has 1 aliphatic heterocycles. The Kier molecular flexibility index (Phi) is 4.09. The highest BCUT2D eigenvalue weighted by Crippen LogP contribution is 2.15. The van der Waals surface area contributed by atoms with E-state index in [1.807, 2.05) is 6.92 Å². The molecule has 3 nitrogen and oxygen atoms in total. The highest BCUT2D eigenvalue weighted by atomic mass is 19.2. The Morgan fingerprint density at radius 1 is 1.32 bits per heavy atom. The van der Waals surface area contributed by atoms with Crippen LogP contribution in [0.3, 0.4) is 0 Å².